The van der Waals surface area contributed by atoms with Crippen LogP contribution in [0.5, 0.6) is 5.75 Å². The Morgan fingerprint density at radius 3 is 2.54 bits per heavy atom. The molecule has 1 aliphatic heterocycles. The highest BCUT2D eigenvalue weighted by atomic mass is 79.9. The molecule has 0 unspecified atom stereocenters. The minimum Gasteiger partial charge on any atom is -0.507 e. The first-order valence-corrected chi connectivity index (χ1v) is 8.63. The second-order valence-electron chi connectivity index (χ2n) is 5.22. The molecule has 0 spiro atoms. The Balaban J connectivity index is 1.81. The molecule has 2 aromatic carbocycles. The van der Waals surface area contributed by atoms with Crippen LogP contribution in [0.25, 0.3) is 6.08 Å². The maximum atomic E-state index is 12.5. The summed E-state index contributed by atoms with van der Waals surface area (Å²) in [6.07, 6.45) is 1.64. The fourth-order valence-corrected chi connectivity index (χ4v) is 3.44. The van der Waals surface area contributed by atoms with Gasteiger partial charge in [0, 0.05) is 5.69 Å². The number of nitrogens with zero attached hydrogens (tertiary/aromatic N) is 1. The van der Waals surface area contributed by atoms with Gasteiger partial charge in [0.05, 0.1) is 15.9 Å². The van der Waals surface area contributed by atoms with Gasteiger partial charge in [-0.3, -0.25) is 14.5 Å². The fraction of sp³-hybridized carbons (Fsp3) is 0.0588. The molecule has 0 radical (unpaired) electrons. The van der Waals surface area contributed by atoms with Crippen LogP contribution in [0.15, 0.2) is 51.8 Å². The molecule has 1 aliphatic rings. The number of nitrogens with two attached hydrogens (primary N) is 1. The minimum absolute atomic E-state index is 0.114. The number of thioether (sulfide) groups is 1. The van der Waals surface area contributed by atoms with Crippen LogP contribution >= 0.6 is 27.7 Å². The van der Waals surface area contributed by atoms with Gasteiger partial charge in [-0.15, -0.1) is 0 Å². The van der Waals surface area contributed by atoms with Gasteiger partial charge >= 0.3 is 0 Å². The fourth-order valence-electron chi connectivity index (χ4n) is 2.21. The molecule has 0 atom stereocenters. The van der Waals surface area contributed by atoms with Crippen LogP contribution in [-0.4, -0.2) is 21.2 Å². The van der Waals surface area contributed by atoms with E-state index < -0.39 is 0 Å². The van der Waals surface area contributed by atoms with Crippen molar-refractivity contribution in [2.24, 2.45) is 0 Å². The molecule has 24 heavy (non-hydrogen) atoms. The molecule has 0 bridgehead atoms. The quantitative estimate of drug-likeness (QED) is 0.596. The van der Waals surface area contributed by atoms with E-state index in [2.05, 4.69) is 15.9 Å². The molecule has 0 aliphatic carbocycles. The molecule has 2 aromatic rings. The number of hydrogen-bond acceptors (Lipinski definition) is 5. The zero-order valence-electron chi connectivity index (χ0n) is 12.4. The summed E-state index contributed by atoms with van der Waals surface area (Å²) in [7, 11) is 0. The molecule has 1 fully saturated rings. The van der Waals surface area contributed by atoms with Crippen molar-refractivity contribution in [1.82, 2.24) is 4.90 Å². The van der Waals surface area contributed by atoms with Crippen molar-refractivity contribution < 1.29 is 14.7 Å². The molecule has 1 saturated heterocycles. The van der Waals surface area contributed by atoms with Gasteiger partial charge in [0.2, 0.25) is 0 Å². The first-order chi connectivity index (χ1) is 11.4. The number of benzene rings is 2. The molecular weight excluding hydrogens is 392 g/mol. The van der Waals surface area contributed by atoms with Crippen molar-refractivity contribution in [2.75, 3.05) is 5.73 Å². The zero-order chi connectivity index (χ0) is 17.3. The number of amides is 2. The first-order valence-electron chi connectivity index (χ1n) is 7.02. The second-order valence-corrected chi connectivity index (χ2v) is 7.07. The first kappa shape index (κ1) is 16.6. The number of phenols is 1. The summed E-state index contributed by atoms with van der Waals surface area (Å²) in [5.41, 5.74) is 7.82. The van der Waals surface area contributed by atoms with Crippen molar-refractivity contribution in [3.8, 4) is 5.75 Å². The SMILES string of the molecule is Nc1ccc(CN2C(=O)S/C(=C\c3ccc(O)c(Br)c3)C2=O)cc1. The average molecular weight is 405 g/mol. The monoisotopic (exact) mass is 404 g/mol. The maximum Gasteiger partial charge on any atom is 0.293 e. The number of nitrogen functional groups attached to an aromatic ring is 1. The third-order valence-electron chi connectivity index (χ3n) is 3.46. The van der Waals surface area contributed by atoms with Crippen molar-refractivity contribution in [3.05, 3.63) is 63.0 Å². The zero-order valence-corrected chi connectivity index (χ0v) is 14.8. The smallest absolute Gasteiger partial charge is 0.293 e. The number of carbonyl (C=O) groups excluding carboxylic acids is 2. The molecular formula is C17H13BrN2O3S. The van der Waals surface area contributed by atoms with Crippen LogP contribution in [0.4, 0.5) is 10.5 Å². The van der Waals surface area contributed by atoms with Crippen LogP contribution in [0, 0.1) is 0 Å². The molecule has 5 nitrogen and oxygen atoms in total. The summed E-state index contributed by atoms with van der Waals surface area (Å²) in [6, 6.07) is 11.9. The highest BCUT2D eigenvalue weighted by Gasteiger charge is 2.34. The Labute approximate surface area is 151 Å². The van der Waals surface area contributed by atoms with E-state index in [-0.39, 0.29) is 23.4 Å². The number of imide groups is 1. The molecule has 2 amide bonds. The molecule has 1 heterocycles. The van der Waals surface area contributed by atoms with E-state index >= 15 is 0 Å². The standard InChI is InChI=1S/C17H13BrN2O3S/c18-13-7-11(3-6-14(13)21)8-15-16(22)20(17(23)24-15)9-10-1-4-12(19)5-2-10/h1-8,21H,9,19H2/b15-8-. The van der Waals surface area contributed by atoms with Crippen LogP contribution in [0.2, 0.25) is 0 Å². The third-order valence-corrected chi connectivity index (χ3v) is 5.01. The average Bonchev–Trinajstić information content (AvgIpc) is 2.80. The van der Waals surface area contributed by atoms with Gasteiger partial charge in [0.15, 0.2) is 0 Å². The lowest BCUT2D eigenvalue weighted by Gasteiger charge is -2.12. The van der Waals surface area contributed by atoms with E-state index in [0.717, 1.165) is 22.9 Å². The topological polar surface area (TPSA) is 83.6 Å². The summed E-state index contributed by atoms with van der Waals surface area (Å²) in [5.74, 6) is -0.213. The molecule has 0 saturated carbocycles. The Bertz CT molecular complexity index is 849. The number of phenolic OH excluding ortho intramolecular Hbond substituents is 1. The van der Waals surface area contributed by atoms with Gasteiger partial charge in [0.25, 0.3) is 11.1 Å². The van der Waals surface area contributed by atoms with Gasteiger partial charge in [-0.2, -0.15) is 0 Å². The van der Waals surface area contributed by atoms with Gasteiger partial charge in [0.1, 0.15) is 5.75 Å². The maximum absolute atomic E-state index is 12.5. The lowest BCUT2D eigenvalue weighted by atomic mass is 10.2. The van der Waals surface area contributed by atoms with Gasteiger partial charge in [-0.25, -0.2) is 0 Å². The second kappa shape index (κ2) is 6.70. The van der Waals surface area contributed by atoms with Gasteiger partial charge < -0.3 is 10.8 Å². The number of aromatic hydroxyl groups is 1. The minimum atomic E-state index is -0.328. The normalized spacial score (nSPS) is 16.2. The lowest BCUT2D eigenvalue weighted by molar-refractivity contribution is -0.123. The van der Waals surface area contributed by atoms with E-state index in [9.17, 15) is 14.7 Å². The van der Waals surface area contributed by atoms with Crippen molar-refractivity contribution in [2.45, 2.75) is 6.54 Å². The number of rotatable bonds is 3. The van der Waals surface area contributed by atoms with E-state index in [4.69, 9.17) is 5.73 Å². The molecule has 7 heteroatoms. The third kappa shape index (κ3) is 3.47. The van der Waals surface area contributed by atoms with Crippen LogP contribution in [-0.2, 0) is 11.3 Å². The predicted molar refractivity (Wildman–Crippen MR) is 98.2 cm³/mol. The van der Waals surface area contributed by atoms with Gasteiger partial charge in [-0.1, -0.05) is 18.2 Å². The Kier molecular flexibility index (Phi) is 4.64. The van der Waals surface area contributed by atoms with Gasteiger partial charge in [-0.05, 0) is 69.2 Å². The number of halogens is 1. The lowest BCUT2D eigenvalue weighted by Crippen LogP contribution is -2.27. The number of anilines is 1. The highest BCUT2D eigenvalue weighted by molar-refractivity contribution is 9.10. The largest absolute Gasteiger partial charge is 0.507 e. The highest BCUT2D eigenvalue weighted by Crippen LogP contribution is 2.34. The molecule has 122 valence electrons. The Hall–Kier alpha value is -2.25. The van der Waals surface area contributed by atoms with Crippen LogP contribution in [0.3, 0.4) is 0 Å². The van der Waals surface area contributed by atoms with Crippen molar-refractivity contribution in [3.63, 3.8) is 0 Å². The van der Waals surface area contributed by atoms with E-state index in [1.54, 1.807) is 42.5 Å². The molecule has 3 N–H and O–H groups in total. The van der Waals surface area contributed by atoms with Crippen LogP contribution < -0.4 is 5.73 Å². The summed E-state index contributed by atoms with van der Waals surface area (Å²) in [6.45, 7) is 0.210. The van der Waals surface area contributed by atoms with Crippen molar-refractivity contribution in [1.29, 1.82) is 0 Å². The predicted octanol–water partition coefficient (Wildman–Crippen LogP) is 3.97. The van der Waals surface area contributed by atoms with E-state index in [0.29, 0.717) is 15.1 Å². The summed E-state index contributed by atoms with van der Waals surface area (Å²) in [4.78, 5) is 26.2. The molecule has 0 aromatic heterocycles. The number of hydrogen-bond donors (Lipinski definition) is 2. The van der Waals surface area contributed by atoms with Crippen LogP contribution in [0.1, 0.15) is 11.1 Å². The van der Waals surface area contributed by atoms with E-state index in [1.807, 2.05) is 0 Å². The van der Waals surface area contributed by atoms with E-state index in [1.165, 1.54) is 11.0 Å². The molecule has 3 rings (SSSR count). The summed E-state index contributed by atoms with van der Waals surface area (Å²) < 4.78 is 0.525. The summed E-state index contributed by atoms with van der Waals surface area (Å²) >= 11 is 4.13. The van der Waals surface area contributed by atoms with Crippen molar-refractivity contribution >= 4 is 50.6 Å². The number of carbonyl (C=O) groups is 2. The summed E-state index contributed by atoms with van der Waals surface area (Å²) in [5, 5.41) is 9.21. The Morgan fingerprint density at radius 2 is 1.88 bits per heavy atom. The Morgan fingerprint density at radius 1 is 1.17 bits per heavy atom.